The first-order valence-corrected chi connectivity index (χ1v) is 6.37. The van der Waals surface area contributed by atoms with Crippen molar-refractivity contribution in [2.45, 2.75) is 30.7 Å². The lowest BCUT2D eigenvalue weighted by atomic mass is 9.99. The summed E-state index contributed by atoms with van der Waals surface area (Å²) in [4.78, 5) is 22.1. The highest BCUT2D eigenvalue weighted by atomic mass is 16.7. The summed E-state index contributed by atoms with van der Waals surface area (Å²) in [5.74, 6) is -3.76. The summed E-state index contributed by atoms with van der Waals surface area (Å²) in [6, 6.07) is 3.04. The predicted octanol–water partition coefficient (Wildman–Crippen LogP) is -1.64. The molecule has 0 saturated carbocycles. The average Bonchev–Trinajstić information content (AvgIpc) is 2.47. The van der Waals surface area contributed by atoms with Crippen LogP contribution >= 0.6 is 0 Å². The lowest BCUT2D eigenvalue weighted by molar-refractivity contribution is -0.271. The second kappa shape index (κ2) is 6.38. The SMILES string of the molecule is O=C(O)c1ccc(O)cc1OC1OC(C(=O)O)C(O)C(O)C1O. The van der Waals surface area contributed by atoms with Crippen molar-refractivity contribution in [1.29, 1.82) is 0 Å². The lowest BCUT2D eigenvalue weighted by Crippen LogP contribution is -2.61. The van der Waals surface area contributed by atoms with Crippen LogP contribution < -0.4 is 4.74 Å². The van der Waals surface area contributed by atoms with Crippen LogP contribution in [0.5, 0.6) is 11.5 Å². The highest BCUT2D eigenvalue weighted by Gasteiger charge is 2.48. The van der Waals surface area contributed by atoms with Crippen LogP contribution in [-0.4, -0.2) is 73.3 Å². The first kappa shape index (κ1) is 17.0. The van der Waals surface area contributed by atoms with Crippen LogP contribution in [0.2, 0.25) is 0 Å². The van der Waals surface area contributed by atoms with Gasteiger partial charge in [-0.25, -0.2) is 9.59 Å². The highest BCUT2D eigenvalue weighted by Crippen LogP contribution is 2.29. The van der Waals surface area contributed by atoms with Gasteiger partial charge in [0.1, 0.15) is 35.4 Å². The third-order valence-corrected chi connectivity index (χ3v) is 3.25. The molecule has 0 amide bonds. The van der Waals surface area contributed by atoms with Crippen molar-refractivity contribution in [3.8, 4) is 11.5 Å². The smallest absolute Gasteiger partial charge is 0.339 e. The van der Waals surface area contributed by atoms with E-state index in [2.05, 4.69) is 0 Å². The molecule has 10 heteroatoms. The molecule has 6 N–H and O–H groups in total. The fourth-order valence-corrected chi connectivity index (χ4v) is 2.06. The van der Waals surface area contributed by atoms with Gasteiger partial charge < -0.3 is 40.1 Å². The van der Waals surface area contributed by atoms with E-state index in [1.54, 1.807) is 0 Å². The zero-order valence-electron chi connectivity index (χ0n) is 11.4. The maximum absolute atomic E-state index is 11.1. The Morgan fingerprint density at radius 3 is 2.26 bits per heavy atom. The Labute approximate surface area is 128 Å². The van der Waals surface area contributed by atoms with Gasteiger partial charge in [0.25, 0.3) is 0 Å². The minimum atomic E-state index is -1.90. The molecule has 0 aliphatic carbocycles. The predicted molar refractivity (Wildman–Crippen MR) is 70.0 cm³/mol. The van der Waals surface area contributed by atoms with Gasteiger partial charge in [0.05, 0.1) is 0 Å². The molecule has 1 aliphatic heterocycles. The number of aromatic carboxylic acids is 1. The van der Waals surface area contributed by atoms with Crippen molar-refractivity contribution in [2.24, 2.45) is 0 Å². The number of aliphatic hydroxyl groups is 3. The number of carbonyl (C=O) groups is 2. The topological polar surface area (TPSA) is 174 Å². The fraction of sp³-hybridized carbons (Fsp3) is 0.385. The van der Waals surface area contributed by atoms with Crippen molar-refractivity contribution < 1.29 is 49.7 Å². The number of phenols is 1. The summed E-state index contributed by atoms with van der Waals surface area (Å²) in [7, 11) is 0. The van der Waals surface area contributed by atoms with E-state index >= 15 is 0 Å². The summed E-state index contributed by atoms with van der Waals surface area (Å²) in [5.41, 5.74) is -0.383. The lowest BCUT2D eigenvalue weighted by Gasteiger charge is -2.38. The molecule has 0 bridgehead atoms. The van der Waals surface area contributed by atoms with Gasteiger partial charge in [0.15, 0.2) is 6.10 Å². The summed E-state index contributed by atoms with van der Waals surface area (Å²) in [6.07, 6.45) is -9.28. The molecule has 5 atom stereocenters. The number of aliphatic hydroxyl groups excluding tert-OH is 3. The molecular formula is C13H14O10. The Hall–Kier alpha value is -2.40. The van der Waals surface area contributed by atoms with E-state index in [-0.39, 0.29) is 11.3 Å². The molecule has 1 fully saturated rings. The number of aliphatic carboxylic acids is 1. The normalized spacial score (nSPS) is 30.7. The first-order chi connectivity index (χ1) is 10.7. The van der Waals surface area contributed by atoms with Crippen LogP contribution in [0.15, 0.2) is 18.2 Å². The molecular weight excluding hydrogens is 316 g/mol. The number of phenolic OH excluding ortho intramolecular Hbond substituents is 1. The maximum atomic E-state index is 11.1. The Kier molecular flexibility index (Phi) is 4.71. The first-order valence-electron chi connectivity index (χ1n) is 6.37. The molecule has 1 heterocycles. The molecule has 0 spiro atoms. The molecule has 1 aromatic carbocycles. The van der Waals surface area contributed by atoms with Gasteiger partial charge in [0.2, 0.25) is 6.29 Å². The van der Waals surface area contributed by atoms with Crippen LogP contribution in [0.3, 0.4) is 0 Å². The zero-order chi connectivity index (χ0) is 17.3. The standard InChI is InChI=1S/C13H14O10/c14-4-1-2-5(11(18)19)6(3-4)22-13-9(17)7(15)8(16)10(23-13)12(20)21/h1-3,7-10,13-17H,(H,18,19)(H,20,21). The summed E-state index contributed by atoms with van der Waals surface area (Å²) >= 11 is 0. The maximum Gasteiger partial charge on any atom is 0.339 e. The Balaban J connectivity index is 2.30. The summed E-state index contributed by atoms with van der Waals surface area (Å²) in [5, 5.41) is 56.3. The Morgan fingerprint density at radius 2 is 1.70 bits per heavy atom. The molecule has 0 aromatic heterocycles. The molecule has 0 radical (unpaired) electrons. The van der Waals surface area contributed by atoms with Crippen LogP contribution in [0, 0.1) is 0 Å². The monoisotopic (exact) mass is 330 g/mol. The van der Waals surface area contributed by atoms with Crippen LogP contribution in [-0.2, 0) is 9.53 Å². The third-order valence-electron chi connectivity index (χ3n) is 3.25. The molecule has 1 aliphatic rings. The van der Waals surface area contributed by atoms with E-state index < -0.39 is 48.4 Å². The largest absolute Gasteiger partial charge is 0.508 e. The van der Waals surface area contributed by atoms with Gasteiger partial charge >= 0.3 is 11.9 Å². The van der Waals surface area contributed by atoms with Crippen molar-refractivity contribution in [3.05, 3.63) is 23.8 Å². The van der Waals surface area contributed by atoms with E-state index in [1.807, 2.05) is 0 Å². The van der Waals surface area contributed by atoms with E-state index in [1.165, 1.54) is 0 Å². The quantitative estimate of drug-likeness (QED) is 0.376. The third kappa shape index (κ3) is 3.35. The minimum Gasteiger partial charge on any atom is -0.508 e. The molecule has 1 aromatic rings. The van der Waals surface area contributed by atoms with Crippen molar-refractivity contribution in [1.82, 2.24) is 0 Å². The molecule has 5 unspecified atom stereocenters. The Bertz CT molecular complexity index is 615. The van der Waals surface area contributed by atoms with Gasteiger partial charge in [-0.15, -0.1) is 0 Å². The molecule has 1 saturated heterocycles. The second-order valence-electron chi connectivity index (χ2n) is 4.84. The van der Waals surface area contributed by atoms with Crippen molar-refractivity contribution >= 4 is 11.9 Å². The van der Waals surface area contributed by atoms with Gasteiger partial charge in [-0.2, -0.15) is 0 Å². The summed E-state index contributed by atoms with van der Waals surface area (Å²) < 4.78 is 9.96. The van der Waals surface area contributed by atoms with Crippen LogP contribution in [0.25, 0.3) is 0 Å². The van der Waals surface area contributed by atoms with E-state index in [0.29, 0.717) is 0 Å². The number of aromatic hydroxyl groups is 1. The van der Waals surface area contributed by atoms with E-state index in [9.17, 15) is 30.0 Å². The number of ether oxygens (including phenoxy) is 2. The van der Waals surface area contributed by atoms with Gasteiger partial charge in [-0.1, -0.05) is 0 Å². The number of hydrogen-bond donors (Lipinski definition) is 6. The second-order valence-corrected chi connectivity index (χ2v) is 4.84. The Morgan fingerprint density at radius 1 is 1.04 bits per heavy atom. The number of rotatable bonds is 4. The molecule has 10 nitrogen and oxygen atoms in total. The highest BCUT2D eigenvalue weighted by molar-refractivity contribution is 5.91. The number of hydrogen-bond acceptors (Lipinski definition) is 8. The van der Waals surface area contributed by atoms with Crippen molar-refractivity contribution in [3.63, 3.8) is 0 Å². The number of carboxylic acid groups (broad SMARTS) is 2. The fourth-order valence-electron chi connectivity index (χ4n) is 2.06. The minimum absolute atomic E-state index is 0.342. The van der Waals surface area contributed by atoms with Gasteiger partial charge in [0, 0.05) is 6.07 Å². The zero-order valence-corrected chi connectivity index (χ0v) is 11.4. The summed E-state index contributed by atoms with van der Waals surface area (Å²) in [6.45, 7) is 0. The molecule has 23 heavy (non-hydrogen) atoms. The number of carboxylic acids is 2. The average molecular weight is 330 g/mol. The van der Waals surface area contributed by atoms with E-state index in [4.69, 9.17) is 19.7 Å². The molecule has 126 valence electrons. The van der Waals surface area contributed by atoms with Crippen molar-refractivity contribution in [2.75, 3.05) is 0 Å². The molecule has 2 rings (SSSR count). The van der Waals surface area contributed by atoms with Crippen LogP contribution in [0.1, 0.15) is 10.4 Å². The van der Waals surface area contributed by atoms with Gasteiger partial charge in [-0.05, 0) is 12.1 Å². The van der Waals surface area contributed by atoms with Gasteiger partial charge in [-0.3, -0.25) is 0 Å². The van der Waals surface area contributed by atoms with Crippen LogP contribution in [0.4, 0.5) is 0 Å². The van der Waals surface area contributed by atoms with E-state index in [0.717, 1.165) is 18.2 Å². The number of benzene rings is 1.